The maximum atomic E-state index is 11.1. The highest BCUT2D eigenvalue weighted by Crippen LogP contribution is 2.30. The van der Waals surface area contributed by atoms with E-state index in [-0.39, 0.29) is 5.75 Å². The Hall–Kier alpha value is -1.76. The van der Waals surface area contributed by atoms with E-state index in [4.69, 9.17) is 4.74 Å². The molecular formula is C16H25N3O3S. The molecule has 0 aromatic heterocycles. The van der Waals surface area contributed by atoms with Crippen molar-refractivity contribution in [2.45, 2.75) is 19.4 Å². The van der Waals surface area contributed by atoms with Crippen LogP contribution in [0.2, 0.25) is 0 Å². The van der Waals surface area contributed by atoms with Gasteiger partial charge in [-0.3, -0.25) is 4.99 Å². The quantitative estimate of drug-likeness (QED) is 0.549. The van der Waals surface area contributed by atoms with Crippen molar-refractivity contribution in [2.24, 2.45) is 10.9 Å². The third-order valence-corrected chi connectivity index (χ3v) is 4.52. The Bertz CT molecular complexity index is 640. The monoisotopic (exact) mass is 339 g/mol. The van der Waals surface area contributed by atoms with Crippen molar-refractivity contribution in [2.75, 3.05) is 32.2 Å². The summed E-state index contributed by atoms with van der Waals surface area (Å²) in [5, 5.41) is 6.17. The van der Waals surface area contributed by atoms with Gasteiger partial charge in [0, 0.05) is 32.0 Å². The second-order valence-corrected chi connectivity index (χ2v) is 8.10. The molecule has 7 heteroatoms. The third kappa shape index (κ3) is 6.90. The fourth-order valence-corrected chi connectivity index (χ4v) is 2.51. The first-order valence-corrected chi connectivity index (χ1v) is 9.87. The predicted octanol–water partition coefficient (Wildman–Crippen LogP) is 1.18. The van der Waals surface area contributed by atoms with Crippen LogP contribution in [0.1, 0.15) is 18.4 Å². The number of para-hydroxylation sites is 1. The molecule has 1 aromatic carbocycles. The number of ether oxygens (including phenoxy) is 1. The van der Waals surface area contributed by atoms with Gasteiger partial charge in [-0.05, 0) is 24.8 Å². The summed E-state index contributed by atoms with van der Waals surface area (Å²) in [6, 6.07) is 7.92. The summed E-state index contributed by atoms with van der Waals surface area (Å²) in [7, 11) is -1.32. The third-order valence-electron chi connectivity index (χ3n) is 3.58. The lowest BCUT2D eigenvalue weighted by atomic mass is 10.2. The van der Waals surface area contributed by atoms with E-state index in [0.29, 0.717) is 25.0 Å². The minimum atomic E-state index is -2.98. The van der Waals surface area contributed by atoms with Crippen molar-refractivity contribution in [3.05, 3.63) is 29.8 Å². The Morgan fingerprint density at radius 2 is 2.04 bits per heavy atom. The average molecular weight is 339 g/mol. The molecule has 0 radical (unpaired) electrons. The van der Waals surface area contributed by atoms with Crippen LogP contribution in [0.15, 0.2) is 29.3 Å². The second kappa shape index (κ2) is 8.19. The molecule has 1 fully saturated rings. The minimum absolute atomic E-state index is 0.0782. The number of guanidine groups is 1. The van der Waals surface area contributed by atoms with Crippen LogP contribution in [0.3, 0.4) is 0 Å². The lowest BCUT2D eigenvalue weighted by Crippen LogP contribution is -2.39. The molecule has 1 aromatic rings. The lowest BCUT2D eigenvalue weighted by molar-refractivity contribution is 0.296. The molecule has 0 spiro atoms. The molecule has 1 saturated carbocycles. The van der Waals surface area contributed by atoms with Gasteiger partial charge in [-0.2, -0.15) is 0 Å². The first kappa shape index (κ1) is 17.6. The van der Waals surface area contributed by atoms with Gasteiger partial charge in [0.15, 0.2) is 5.96 Å². The summed E-state index contributed by atoms with van der Waals surface area (Å²) in [5.74, 6) is 2.25. The van der Waals surface area contributed by atoms with E-state index in [2.05, 4.69) is 15.6 Å². The van der Waals surface area contributed by atoms with E-state index < -0.39 is 9.84 Å². The van der Waals surface area contributed by atoms with E-state index in [1.807, 2.05) is 24.3 Å². The van der Waals surface area contributed by atoms with Crippen molar-refractivity contribution < 1.29 is 13.2 Å². The van der Waals surface area contributed by atoms with E-state index in [9.17, 15) is 8.42 Å². The van der Waals surface area contributed by atoms with Crippen LogP contribution >= 0.6 is 0 Å². The van der Waals surface area contributed by atoms with Crippen LogP contribution in [0.25, 0.3) is 0 Å². The smallest absolute Gasteiger partial charge is 0.191 e. The van der Waals surface area contributed by atoms with Crippen LogP contribution in [0, 0.1) is 5.92 Å². The minimum Gasteiger partial charge on any atom is -0.493 e. The van der Waals surface area contributed by atoms with Gasteiger partial charge in [0.1, 0.15) is 15.6 Å². The van der Waals surface area contributed by atoms with Crippen molar-refractivity contribution in [3.63, 3.8) is 0 Å². The highest BCUT2D eigenvalue weighted by molar-refractivity contribution is 7.90. The molecule has 0 amide bonds. The molecule has 2 rings (SSSR count). The van der Waals surface area contributed by atoms with Gasteiger partial charge in [-0.25, -0.2) is 8.42 Å². The van der Waals surface area contributed by atoms with Crippen LogP contribution in [0.5, 0.6) is 5.75 Å². The summed E-state index contributed by atoms with van der Waals surface area (Å²) in [6.45, 7) is 1.68. The van der Waals surface area contributed by atoms with Crippen molar-refractivity contribution in [1.82, 2.24) is 10.6 Å². The highest BCUT2D eigenvalue weighted by Gasteiger charge is 2.22. The maximum Gasteiger partial charge on any atom is 0.191 e. The Morgan fingerprint density at radius 3 is 2.70 bits per heavy atom. The number of sulfone groups is 1. The largest absolute Gasteiger partial charge is 0.493 e. The standard InChI is InChI=1S/C16H25N3O3S/c1-17-16(18-9-10-23(2,20)21)19-11-14-5-3-4-6-15(14)22-12-13-7-8-13/h3-6,13H,7-12H2,1-2H3,(H2,17,18,19). The molecule has 0 heterocycles. The van der Waals surface area contributed by atoms with Crippen LogP contribution in [-0.2, 0) is 16.4 Å². The Morgan fingerprint density at radius 1 is 1.30 bits per heavy atom. The first-order valence-electron chi connectivity index (χ1n) is 7.81. The van der Waals surface area contributed by atoms with Crippen molar-refractivity contribution in [3.8, 4) is 5.75 Å². The highest BCUT2D eigenvalue weighted by atomic mass is 32.2. The average Bonchev–Trinajstić information content (AvgIpc) is 3.32. The summed E-state index contributed by atoms with van der Waals surface area (Å²) < 4.78 is 28.2. The molecule has 6 nitrogen and oxygen atoms in total. The zero-order valence-electron chi connectivity index (χ0n) is 13.7. The lowest BCUT2D eigenvalue weighted by Gasteiger charge is -2.14. The van der Waals surface area contributed by atoms with E-state index >= 15 is 0 Å². The Labute approximate surface area is 138 Å². The molecule has 0 saturated heterocycles. The molecule has 0 aliphatic heterocycles. The van der Waals surface area contributed by atoms with E-state index in [1.54, 1.807) is 7.05 Å². The molecule has 128 valence electrons. The molecule has 1 aliphatic rings. The summed E-state index contributed by atoms with van der Waals surface area (Å²) in [4.78, 5) is 4.10. The number of nitrogens with one attached hydrogen (secondary N) is 2. The molecule has 2 N–H and O–H groups in total. The van der Waals surface area contributed by atoms with Crippen LogP contribution in [-0.4, -0.2) is 46.6 Å². The first-order chi connectivity index (χ1) is 11.0. The number of benzene rings is 1. The molecule has 23 heavy (non-hydrogen) atoms. The van der Waals surface area contributed by atoms with Crippen LogP contribution in [0.4, 0.5) is 0 Å². The van der Waals surface area contributed by atoms with Gasteiger partial charge in [-0.15, -0.1) is 0 Å². The number of nitrogens with zero attached hydrogens (tertiary/aromatic N) is 1. The zero-order valence-corrected chi connectivity index (χ0v) is 14.5. The molecule has 1 aliphatic carbocycles. The number of rotatable bonds is 8. The summed E-state index contributed by atoms with van der Waals surface area (Å²) in [5.41, 5.74) is 1.05. The van der Waals surface area contributed by atoms with Crippen molar-refractivity contribution >= 4 is 15.8 Å². The van der Waals surface area contributed by atoms with Crippen molar-refractivity contribution in [1.29, 1.82) is 0 Å². The fourth-order valence-electron chi connectivity index (χ4n) is 2.04. The SMILES string of the molecule is CN=C(NCCS(C)(=O)=O)NCc1ccccc1OCC1CC1. The molecule has 0 unspecified atom stereocenters. The van der Waals surface area contributed by atoms with Gasteiger partial charge < -0.3 is 15.4 Å². The van der Waals surface area contributed by atoms with Gasteiger partial charge >= 0.3 is 0 Å². The van der Waals surface area contributed by atoms with Gasteiger partial charge in [-0.1, -0.05) is 18.2 Å². The molecule has 0 bridgehead atoms. The Balaban J connectivity index is 1.83. The summed E-state index contributed by atoms with van der Waals surface area (Å²) in [6.07, 6.45) is 3.74. The van der Waals surface area contributed by atoms with E-state index in [0.717, 1.165) is 17.9 Å². The number of hydrogen-bond acceptors (Lipinski definition) is 4. The normalized spacial score (nSPS) is 15.3. The fraction of sp³-hybridized carbons (Fsp3) is 0.562. The van der Waals surface area contributed by atoms with E-state index in [1.165, 1.54) is 19.1 Å². The molecule has 0 atom stereocenters. The second-order valence-electron chi connectivity index (χ2n) is 5.84. The topological polar surface area (TPSA) is 79.8 Å². The zero-order chi connectivity index (χ0) is 16.7. The number of hydrogen-bond donors (Lipinski definition) is 2. The predicted molar refractivity (Wildman–Crippen MR) is 92.6 cm³/mol. The summed E-state index contributed by atoms with van der Waals surface area (Å²) >= 11 is 0. The van der Waals surface area contributed by atoms with Gasteiger partial charge in [0.25, 0.3) is 0 Å². The van der Waals surface area contributed by atoms with Crippen LogP contribution < -0.4 is 15.4 Å². The molecular weight excluding hydrogens is 314 g/mol. The van der Waals surface area contributed by atoms with Gasteiger partial charge in [0.05, 0.1) is 12.4 Å². The number of aliphatic imine (C=N–C) groups is 1. The Kier molecular flexibility index (Phi) is 6.27. The van der Waals surface area contributed by atoms with Gasteiger partial charge in [0.2, 0.25) is 0 Å². The maximum absolute atomic E-state index is 11.1.